The zero-order valence-corrected chi connectivity index (χ0v) is 12.2. The Morgan fingerprint density at radius 1 is 1.11 bits per heavy atom. The Morgan fingerprint density at radius 3 is 2.11 bits per heavy atom. The Balaban J connectivity index is 0. The van der Waals surface area contributed by atoms with Gasteiger partial charge in [-0.1, -0.05) is 45.9 Å². The minimum absolute atomic E-state index is 0.231. The Morgan fingerprint density at radius 2 is 1.67 bits per heavy atom. The van der Waals surface area contributed by atoms with Gasteiger partial charge in [0.15, 0.2) is 5.82 Å². The predicted octanol–water partition coefficient (Wildman–Crippen LogP) is 1.56. The fraction of sp³-hybridized carbons (Fsp3) is 0.429. The summed E-state index contributed by atoms with van der Waals surface area (Å²) in [7, 11) is 0. The minimum atomic E-state index is -0.231. The highest BCUT2D eigenvalue weighted by atomic mass is 16.1. The van der Waals surface area contributed by atoms with Crippen molar-refractivity contribution in [2.45, 2.75) is 41.5 Å². The predicted molar refractivity (Wildman–Crippen MR) is 80.6 cm³/mol. The van der Waals surface area contributed by atoms with E-state index in [4.69, 9.17) is 5.73 Å². The van der Waals surface area contributed by atoms with E-state index >= 15 is 0 Å². The van der Waals surface area contributed by atoms with E-state index in [9.17, 15) is 4.79 Å². The van der Waals surface area contributed by atoms with Crippen LogP contribution in [0, 0.1) is 0 Å². The second kappa shape index (κ2) is 11.6. The fourth-order valence-corrected chi connectivity index (χ4v) is 1.15. The SMILES string of the molecule is CC.CC.C\C=C/C=c1/c(=O)[nH]nc(N)/c1=C/C. The largest absolute Gasteiger partial charge is 0.382 e. The first kappa shape index (κ1) is 18.5. The topological polar surface area (TPSA) is 71.8 Å². The molecule has 0 aliphatic rings. The molecule has 0 radical (unpaired) electrons. The average molecular weight is 251 g/mol. The van der Waals surface area contributed by atoms with Crippen LogP contribution in [0.5, 0.6) is 0 Å². The van der Waals surface area contributed by atoms with Gasteiger partial charge in [0.2, 0.25) is 0 Å². The number of nitrogens with one attached hydrogen (secondary N) is 1. The Kier molecular flexibility index (Phi) is 12.0. The van der Waals surface area contributed by atoms with Crippen molar-refractivity contribution >= 4 is 18.0 Å². The lowest BCUT2D eigenvalue weighted by atomic mass is 10.2. The van der Waals surface area contributed by atoms with Crippen molar-refractivity contribution < 1.29 is 0 Å². The lowest BCUT2D eigenvalue weighted by molar-refractivity contribution is 0.973. The molecule has 3 N–H and O–H groups in total. The highest BCUT2D eigenvalue weighted by Gasteiger charge is 1.95. The third-order valence-corrected chi connectivity index (χ3v) is 1.83. The molecule has 0 amide bonds. The van der Waals surface area contributed by atoms with E-state index in [-0.39, 0.29) is 5.56 Å². The smallest absolute Gasteiger partial charge is 0.272 e. The van der Waals surface area contributed by atoms with Gasteiger partial charge in [0, 0.05) is 5.22 Å². The number of nitrogen functional groups attached to an aromatic ring is 1. The van der Waals surface area contributed by atoms with Crippen LogP contribution in [0.1, 0.15) is 41.5 Å². The monoisotopic (exact) mass is 251 g/mol. The lowest BCUT2D eigenvalue weighted by Crippen LogP contribution is -2.43. The zero-order valence-electron chi connectivity index (χ0n) is 12.2. The highest BCUT2D eigenvalue weighted by Crippen LogP contribution is 1.75. The van der Waals surface area contributed by atoms with Gasteiger partial charge in [0.05, 0.1) is 5.22 Å². The summed E-state index contributed by atoms with van der Waals surface area (Å²) in [6.07, 6.45) is 7.12. The number of nitrogens with zero attached hydrogens (tertiary/aromatic N) is 1. The number of H-pyrrole nitrogens is 1. The standard InChI is InChI=1S/C10H13N3O.2C2H6/c1-3-5-6-8-7(4-2)9(11)12-13-10(8)14;2*1-2/h3-6H,1-2H3,(H2,11,12)(H,13,14);2*1-2H3/b5-3-,7-4+,8-6+;;. The van der Waals surface area contributed by atoms with Crippen molar-refractivity contribution in [3.63, 3.8) is 0 Å². The van der Waals surface area contributed by atoms with E-state index in [0.29, 0.717) is 16.3 Å². The third kappa shape index (κ3) is 5.48. The summed E-state index contributed by atoms with van der Waals surface area (Å²) < 4.78 is 0. The van der Waals surface area contributed by atoms with E-state index in [1.54, 1.807) is 18.2 Å². The molecule has 0 unspecified atom stereocenters. The van der Waals surface area contributed by atoms with Crippen LogP contribution in [-0.4, -0.2) is 10.2 Å². The zero-order chi connectivity index (χ0) is 14.6. The number of anilines is 1. The molecular weight excluding hydrogens is 226 g/mol. The maximum atomic E-state index is 11.4. The van der Waals surface area contributed by atoms with E-state index in [0.717, 1.165) is 0 Å². The van der Waals surface area contributed by atoms with Gasteiger partial charge in [-0.15, -0.1) is 0 Å². The molecule has 0 aliphatic heterocycles. The first-order valence-corrected chi connectivity index (χ1v) is 6.34. The lowest BCUT2D eigenvalue weighted by Gasteiger charge is -1.92. The van der Waals surface area contributed by atoms with E-state index in [1.165, 1.54) is 0 Å². The molecule has 4 nitrogen and oxygen atoms in total. The van der Waals surface area contributed by atoms with Gasteiger partial charge < -0.3 is 5.73 Å². The van der Waals surface area contributed by atoms with Crippen molar-refractivity contribution in [3.05, 3.63) is 32.9 Å². The van der Waals surface area contributed by atoms with E-state index < -0.39 is 0 Å². The first-order valence-electron chi connectivity index (χ1n) is 6.34. The van der Waals surface area contributed by atoms with Gasteiger partial charge in [-0.2, -0.15) is 5.10 Å². The molecule has 0 saturated heterocycles. The van der Waals surface area contributed by atoms with Crippen molar-refractivity contribution in [2.24, 2.45) is 0 Å². The molecule has 0 spiro atoms. The van der Waals surface area contributed by atoms with Crippen molar-refractivity contribution in [2.75, 3.05) is 5.73 Å². The highest BCUT2D eigenvalue weighted by molar-refractivity contribution is 5.43. The molecule has 0 bridgehead atoms. The molecule has 1 aromatic heterocycles. The van der Waals surface area contributed by atoms with Crippen LogP contribution in [0.4, 0.5) is 5.82 Å². The van der Waals surface area contributed by atoms with Crippen LogP contribution < -0.4 is 21.7 Å². The number of nitrogens with two attached hydrogens (primary N) is 1. The normalized spacial score (nSPS) is 11.7. The molecule has 0 atom stereocenters. The van der Waals surface area contributed by atoms with Crippen molar-refractivity contribution in [1.29, 1.82) is 0 Å². The number of aromatic nitrogens is 2. The van der Waals surface area contributed by atoms with Gasteiger partial charge in [0.25, 0.3) is 5.56 Å². The Hall–Kier alpha value is -1.84. The quantitative estimate of drug-likeness (QED) is 0.795. The number of rotatable bonds is 1. The fourth-order valence-electron chi connectivity index (χ4n) is 1.15. The van der Waals surface area contributed by atoms with Gasteiger partial charge >= 0.3 is 0 Å². The van der Waals surface area contributed by atoms with Crippen LogP contribution in [0.3, 0.4) is 0 Å². The molecule has 18 heavy (non-hydrogen) atoms. The Bertz CT molecular complexity index is 513. The number of hydrogen-bond acceptors (Lipinski definition) is 3. The van der Waals surface area contributed by atoms with Crippen molar-refractivity contribution in [3.8, 4) is 0 Å². The van der Waals surface area contributed by atoms with Crippen molar-refractivity contribution in [1.82, 2.24) is 10.2 Å². The van der Waals surface area contributed by atoms with Crippen LogP contribution in [0.15, 0.2) is 16.9 Å². The molecule has 0 saturated carbocycles. The number of hydrogen-bond donors (Lipinski definition) is 2. The van der Waals surface area contributed by atoms with E-state index in [2.05, 4.69) is 10.2 Å². The summed E-state index contributed by atoms with van der Waals surface area (Å²) in [5.41, 5.74) is 5.38. The molecule has 102 valence electrons. The number of aromatic amines is 1. The maximum absolute atomic E-state index is 11.4. The summed E-state index contributed by atoms with van der Waals surface area (Å²) in [4.78, 5) is 11.4. The Labute approximate surface area is 109 Å². The van der Waals surface area contributed by atoms with Gasteiger partial charge in [-0.25, -0.2) is 5.10 Å². The van der Waals surface area contributed by atoms with E-state index in [1.807, 2.05) is 47.6 Å². The molecule has 0 aromatic carbocycles. The second-order valence-electron chi connectivity index (χ2n) is 2.75. The summed E-state index contributed by atoms with van der Waals surface area (Å²) in [6, 6.07) is 0. The second-order valence-corrected chi connectivity index (χ2v) is 2.75. The summed E-state index contributed by atoms with van der Waals surface area (Å²) in [5.74, 6) is 0.336. The van der Waals surface area contributed by atoms with Gasteiger partial charge in [0.1, 0.15) is 0 Å². The van der Waals surface area contributed by atoms with Crippen LogP contribution >= 0.6 is 0 Å². The molecular formula is C14H25N3O. The molecule has 0 aliphatic carbocycles. The van der Waals surface area contributed by atoms with Crippen LogP contribution in [0.2, 0.25) is 0 Å². The van der Waals surface area contributed by atoms with Gasteiger partial charge in [-0.05, 0) is 19.9 Å². The third-order valence-electron chi connectivity index (χ3n) is 1.83. The molecule has 1 aromatic rings. The molecule has 0 fully saturated rings. The summed E-state index contributed by atoms with van der Waals surface area (Å²) in [6.45, 7) is 11.7. The molecule has 4 heteroatoms. The summed E-state index contributed by atoms with van der Waals surface area (Å²) in [5, 5.41) is 7.23. The summed E-state index contributed by atoms with van der Waals surface area (Å²) >= 11 is 0. The number of allylic oxidation sites excluding steroid dienone is 2. The molecule has 1 rings (SSSR count). The van der Waals surface area contributed by atoms with Gasteiger partial charge in [-0.3, -0.25) is 4.79 Å². The first-order chi connectivity index (χ1) is 8.70. The minimum Gasteiger partial charge on any atom is -0.382 e. The van der Waals surface area contributed by atoms with Crippen LogP contribution in [0.25, 0.3) is 12.2 Å². The average Bonchev–Trinajstić information content (AvgIpc) is 2.44. The van der Waals surface area contributed by atoms with Crippen LogP contribution in [-0.2, 0) is 0 Å². The molecule has 1 heterocycles. The maximum Gasteiger partial charge on any atom is 0.272 e.